The summed E-state index contributed by atoms with van der Waals surface area (Å²) in [6, 6.07) is 24.5. The number of carbonyl (C=O) groups excluding carboxylic acids is 1. The lowest BCUT2D eigenvalue weighted by Crippen LogP contribution is -2.57. The summed E-state index contributed by atoms with van der Waals surface area (Å²) in [5, 5.41) is 38.9. The summed E-state index contributed by atoms with van der Waals surface area (Å²) in [6.07, 6.45) is 0. The summed E-state index contributed by atoms with van der Waals surface area (Å²) in [6.45, 7) is 0.219. The van der Waals surface area contributed by atoms with Gasteiger partial charge in [0.25, 0.3) is 5.60 Å². The van der Waals surface area contributed by atoms with Crippen LogP contribution in [-0.4, -0.2) is 31.4 Å². The van der Waals surface area contributed by atoms with Gasteiger partial charge in [0.05, 0.1) is 4.92 Å². The average molecular weight is 443 g/mol. The van der Waals surface area contributed by atoms with Crippen molar-refractivity contribution in [3.63, 3.8) is 0 Å². The smallest absolute Gasteiger partial charge is 0.330 e. The maximum Gasteiger partial charge on any atom is 0.330 e. The molecule has 0 unspecified atom stereocenters. The van der Waals surface area contributed by atoms with Crippen molar-refractivity contribution in [3.05, 3.63) is 129 Å². The van der Waals surface area contributed by atoms with E-state index in [9.17, 15) is 25.1 Å². The minimum absolute atomic E-state index is 0.0235. The lowest BCUT2D eigenvalue weighted by Gasteiger charge is -2.38. The zero-order valence-electron chi connectivity index (χ0n) is 17.5. The Hall–Kier alpha value is -4.01. The number of nitro groups is 1. The van der Waals surface area contributed by atoms with Gasteiger partial charge in [-0.15, -0.1) is 0 Å². The van der Waals surface area contributed by atoms with E-state index in [4.69, 9.17) is 0 Å². The van der Waals surface area contributed by atoms with E-state index in [0.717, 1.165) is 11.1 Å². The second kappa shape index (κ2) is 7.54. The fourth-order valence-corrected chi connectivity index (χ4v) is 4.75. The molecule has 2 atom stereocenters. The molecule has 3 N–H and O–H groups in total. The number of benzene rings is 3. The predicted octanol–water partition coefficient (Wildman–Crippen LogP) is 2.51. The van der Waals surface area contributed by atoms with Gasteiger partial charge in [-0.25, -0.2) is 0 Å². The first-order valence-electron chi connectivity index (χ1n) is 10.5. The fourth-order valence-electron chi connectivity index (χ4n) is 4.75. The van der Waals surface area contributed by atoms with Gasteiger partial charge in [0.15, 0.2) is 5.82 Å². The molecular formula is C25H21N3O5. The normalized spacial score (nSPS) is 23.5. The van der Waals surface area contributed by atoms with Gasteiger partial charge in [-0.05, 0) is 11.1 Å². The molecule has 0 radical (unpaired) electrons. The van der Waals surface area contributed by atoms with Crippen molar-refractivity contribution in [2.75, 3.05) is 0 Å². The number of carbonyl (C=O) groups is 1. The summed E-state index contributed by atoms with van der Waals surface area (Å²) >= 11 is 0. The van der Waals surface area contributed by atoms with E-state index in [2.05, 4.69) is 5.32 Å². The summed E-state index contributed by atoms with van der Waals surface area (Å²) in [4.78, 5) is 26.1. The van der Waals surface area contributed by atoms with E-state index in [-0.39, 0.29) is 30.0 Å². The van der Waals surface area contributed by atoms with Crippen LogP contribution in [0.3, 0.4) is 0 Å². The topological polar surface area (TPSA) is 116 Å². The predicted molar refractivity (Wildman–Crippen MR) is 119 cm³/mol. The molecule has 2 aliphatic rings. The van der Waals surface area contributed by atoms with Crippen LogP contribution in [0, 0.1) is 10.1 Å². The Balaban J connectivity index is 1.69. The maximum atomic E-state index is 13.3. The molecule has 1 aliphatic carbocycles. The molecule has 8 nitrogen and oxygen atoms in total. The maximum absolute atomic E-state index is 13.3. The number of ketones is 1. The number of nitrogens with one attached hydrogen (secondary N) is 1. The van der Waals surface area contributed by atoms with Gasteiger partial charge in [0.1, 0.15) is 0 Å². The lowest BCUT2D eigenvalue weighted by molar-refractivity contribution is -0.445. The first-order valence-corrected chi connectivity index (χ1v) is 10.5. The Morgan fingerprint density at radius 2 is 1.45 bits per heavy atom. The number of rotatable bonds is 6. The van der Waals surface area contributed by atoms with Crippen molar-refractivity contribution in [1.82, 2.24) is 10.2 Å². The Labute approximate surface area is 189 Å². The second-order valence-electron chi connectivity index (χ2n) is 8.12. The first-order chi connectivity index (χ1) is 15.9. The highest BCUT2D eigenvalue weighted by Gasteiger charge is 2.77. The van der Waals surface area contributed by atoms with Crippen LogP contribution in [0.2, 0.25) is 0 Å². The summed E-state index contributed by atoms with van der Waals surface area (Å²) in [5.74, 6) is -0.998. The molecule has 3 aromatic carbocycles. The monoisotopic (exact) mass is 443 g/mol. The van der Waals surface area contributed by atoms with E-state index >= 15 is 0 Å². The Bertz CT molecular complexity index is 1280. The molecule has 0 saturated carbocycles. The van der Waals surface area contributed by atoms with Crippen LogP contribution < -0.4 is 5.32 Å². The zero-order valence-corrected chi connectivity index (χ0v) is 17.5. The van der Waals surface area contributed by atoms with Crippen LogP contribution in [0.25, 0.3) is 0 Å². The number of hydrogen-bond donors (Lipinski definition) is 3. The fraction of sp³-hybridized carbons (Fsp3) is 0.160. The Morgan fingerprint density at radius 1 is 0.879 bits per heavy atom. The van der Waals surface area contributed by atoms with E-state index < -0.39 is 27.7 Å². The highest BCUT2D eigenvalue weighted by atomic mass is 16.6. The van der Waals surface area contributed by atoms with Crippen molar-refractivity contribution < 1.29 is 19.9 Å². The number of Topliss-reactive ketones (excluding diaryl/α,β-unsaturated/α-hetero) is 1. The molecule has 166 valence electrons. The van der Waals surface area contributed by atoms with Crippen LogP contribution in [0.1, 0.15) is 27.0 Å². The summed E-state index contributed by atoms with van der Waals surface area (Å²) < 4.78 is 0. The molecule has 33 heavy (non-hydrogen) atoms. The van der Waals surface area contributed by atoms with Crippen molar-refractivity contribution in [3.8, 4) is 0 Å². The Morgan fingerprint density at radius 3 is 2.09 bits per heavy atom. The van der Waals surface area contributed by atoms with Crippen molar-refractivity contribution >= 4 is 5.78 Å². The number of fused-ring (bicyclic) bond motifs is 3. The van der Waals surface area contributed by atoms with Gasteiger partial charge >= 0.3 is 5.70 Å². The quantitative estimate of drug-likeness (QED) is 0.396. The molecule has 0 bridgehead atoms. The second-order valence-corrected chi connectivity index (χ2v) is 8.12. The van der Waals surface area contributed by atoms with E-state index in [1.807, 2.05) is 60.7 Å². The number of nitrogens with zero attached hydrogens (tertiary/aromatic N) is 2. The lowest BCUT2D eigenvalue weighted by atomic mass is 9.89. The zero-order chi connectivity index (χ0) is 23.2. The molecule has 3 aromatic rings. The van der Waals surface area contributed by atoms with Crippen molar-refractivity contribution in [1.29, 1.82) is 0 Å². The van der Waals surface area contributed by atoms with Crippen LogP contribution >= 0.6 is 0 Å². The third-order valence-corrected chi connectivity index (χ3v) is 6.28. The molecule has 1 heterocycles. The van der Waals surface area contributed by atoms with Gasteiger partial charge in [-0.3, -0.25) is 14.9 Å². The van der Waals surface area contributed by atoms with E-state index in [1.54, 1.807) is 12.1 Å². The van der Waals surface area contributed by atoms with E-state index in [0.29, 0.717) is 0 Å². The largest absolute Gasteiger partial charge is 0.368 e. The number of aliphatic hydroxyl groups is 2. The molecule has 0 aromatic heterocycles. The van der Waals surface area contributed by atoms with Crippen LogP contribution in [-0.2, 0) is 18.8 Å². The molecule has 0 amide bonds. The van der Waals surface area contributed by atoms with Crippen molar-refractivity contribution in [2.24, 2.45) is 0 Å². The van der Waals surface area contributed by atoms with Crippen LogP contribution in [0.4, 0.5) is 0 Å². The van der Waals surface area contributed by atoms with Gasteiger partial charge in [-0.1, -0.05) is 84.9 Å². The molecule has 0 spiro atoms. The molecule has 0 fully saturated rings. The highest BCUT2D eigenvalue weighted by Crippen LogP contribution is 2.56. The van der Waals surface area contributed by atoms with Crippen LogP contribution in [0.15, 0.2) is 96.4 Å². The van der Waals surface area contributed by atoms with Gasteiger partial charge in [0, 0.05) is 24.2 Å². The minimum Gasteiger partial charge on any atom is -0.368 e. The molecule has 1 aliphatic heterocycles. The summed E-state index contributed by atoms with van der Waals surface area (Å²) in [5.41, 5.74) is -4.11. The van der Waals surface area contributed by atoms with Gasteiger partial charge in [-0.2, -0.15) is 0 Å². The highest BCUT2D eigenvalue weighted by molar-refractivity contribution is 6.10. The van der Waals surface area contributed by atoms with E-state index in [1.165, 1.54) is 17.0 Å². The molecule has 0 saturated heterocycles. The standard InChI is InChI=1S/C25H21N3O5/c29-22-19-13-7-8-14-20(19)25(31)24(22,30)21(28(32)33)23(26-15-17-9-3-1-4-10-17)27(25)16-18-11-5-2-6-12-18/h1-14,26,30-31H,15-16H2/t24-,25+/m0/s1. The first kappa shape index (κ1) is 20.9. The van der Waals surface area contributed by atoms with Gasteiger partial charge in [0.2, 0.25) is 11.5 Å². The molecule has 5 rings (SSSR count). The molecular weight excluding hydrogens is 422 g/mol. The SMILES string of the molecule is O=C1c2ccccc2[C@]2(O)N(Cc3ccccc3)C(NCc3ccccc3)=C([N+](=O)[O-])[C@]12O. The third-order valence-electron chi connectivity index (χ3n) is 6.28. The van der Waals surface area contributed by atoms with Crippen LogP contribution in [0.5, 0.6) is 0 Å². The van der Waals surface area contributed by atoms with Crippen molar-refractivity contribution in [2.45, 2.75) is 24.4 Å². The summed E-state index contributed by atoms with van der Waals surface area (Å²) in [7, 11) is 0. The van der Waals surface area contributed by atoms with Gasteiger partial charge < -0.3 is 20.4 Å². The Kier molecular flexibility index (Phi) is 4.77. The minimum atomic E-state index is -2.77. The molecule has 8 heteroatoms. The third kappa shape index (κ3) is 2.88. The average Bonchev–Trinajstić information content (AvgIpc) is 3.13. The number of hydrogen-bond acceptors (Lipinski definition) is 7.